The van der Waals surface area contributed by atoms with Gasteiger partial charge in [-0.2, -0.15) is 0 Å². The van der Waals surface area contributed by atoms with Crippen LogP contribution in [0.2, 0.25) is 5.02 Å². The summed E-state index contributed by atoms with van der Waals surface area (Å²) in [6.07, 6.45) is 4.82. The SMILES string of the molecule is CCCOC[C@H](NC(=O)c1ccc(C(=O)N2CC=CC2)c(C)c1)c1nc2ccc(Cl)cc2[nH]1. The molecule has 0 saturated carbocycles. The number of carbonyl (C=O) groups excluding carboxylic acids is 2. The number of rotatable bonds is 8. The normalized spacial score (nSPS) is 14.1. The van der Waals surface area contributed by atoms with Crippen LogP contribution >= 0.6 is 11.6 Å². The van der Waals surface area contributed by atoms with Gasteiger partial charge in [0.1, 0.15) is 11.9 Å². The zero-order chi connectivity index (χ0) is 23.4. The molecule has 1 aliphatic heterocycles. The molecule has 4 rings (SSSR count). The van der Waals surface area contributed by atoms with Crippen molar-refractivity contribution in [1.29, 1.82) is 0 Å². The maximum absolute atomic E-state index is 13.1. The number of nitrogens with one attached hydrogen (secondary N) is 2. The van der Waals surface area contributed by atoms with Crippen LogP contribution < -0.4 is 5.32 Å². The molecule has 0 aliphatic carbocycles. The van der Waals surface area contributed by atoms with E-state index in [2.05, 4.69) is 15.3 Å². The first-order valence-electron chi connectivity index (χ1n) is 11.0. The Morgan fingerprint density at radius 3 is 2.73 bits per heavy atom. The van der Waals surface area contributed by atoms with Gasteiger partial charge in [-0.1, -0.05) is 30.7 Å². The van der Waals surface area contributed by atoms with Gasteiger partial charge in [0.2, 0.25) is 0 Å². The molecule has 2 amide bonds. The molecule has 7 nitrogen and oxygen atoms in total. The van der Waals surface area contributed by atoms with Crippen molar-refractivity contribution in [2.45, 2.75) is 26.3 Å². The van der Waals surface area contributed by atoms with Gasteiger partial charge in [-0.25, -0.2) is 4.98 Å². The number of fused-ring (bicyclic) bond motifs is 1. The molecule has 33 heavy (non-hydrogen) atoms. The van der Waals surface area contributed by atoms with Crippen LogP contribution in [0.4, 0.5) is 0 Å². The number of H-pyrrole nitrogens is 1. The number of aryl methyl sites for hydroxylation is 1. The maximum Gasteiger partial charge on any atom is 0.254 e. The van der Waals surface area contributed by atoms with Crippen molar-refractivity contribution in [3.05, 3.63) is 76.1 Å². The number of halogens is 1. The summed E-state index contributed by atoms with van der Waals surface area (Å²) < 4.78 is 5.73. The van der Waals surface area contributed by atoms with Gasteiger partial charge in [0.25, 0.3) is 11.8 Å². The number of nitrogens with zero attached hydrogens (tertiary/aromatic N) is 2. The summed E-state index contributed by atoms with van der Waals surface area (Å²) in [5, 5.41) is 3.63. The lowest BCUT2D eigenvalue weighted by Crippen LogP contribution is -2.33. The number of aromatic amines is 1. The number of hydrogen-bond acceptors (Lipinski definition) is 4. The summed E-state index contributed by atoms with van der Waals surface area (Å²) in [6.45, 7) is 5.97. The van der Waals surface area contributed by atoms with Crippen LogP contribution in [0.5, 0.6) is 0 Å². The Morgan fingerprint density at radius 1 is 1.21 bits per heavy atom. The minimum Gasteiger partial charge on any atom is -0.379 e. The Morgan fingerprint density at radius 2 is 2.00 bits per heavy atom. The van der Waals surface area contributed by atoms with E-state index in [0.29, 0.717) is 41.7 Å². The summed E-state index contributed by atoms with van der Waals surface area (Å²) in [6, 6.07) is 10.1. The van der Waals surface area contributed by atoms with Crippen molar-refractivity contribution in [3.8, 4) is 0 Å². The topological polar surface area (TPSA) is 87.3 Å². The third-order valence-corrected chi connectivity index (χ3v) is 5.79. The largest absolute Gasteiger partial charge is 0.379 e. The Kier molecular flexibility index (Phi) is 7.11. The van der Waals surface area contributed by atoms with Crippen LogP contribution in [-0.4, -0.2) is 53.0 Å². The molecule has 2 heterocycles. The third kappa shape index (κ3) is 5.26. The monoisotopic (exact) mass is 466 g/mol. The molecular weight excluding hydrogens is 440 g/mol. The van der Waals surface area contributed by atoms with Crippen molar-refractivity contribution >= 4 is 34.4 Å². The molecule has 8 heteroatoms. The number of carbonyl (C=O) groups is 2. The van der Waals surface area contributed by atoms with Crippen LogP contribution in [0.3, 0.4) is 0 Å². The molecule has 0 saturated heterocycles. The predicted molar refractivity (Wildman–Crippen MR) is 129 cm³/mol. The summed E-state index contributed by atoms with van der Waals surface area (Å²) >= 11 is 6.09. The Hall–Kier alpha value is -3.16. The molecule has 0 unspecified atom stereocenters. The van der Waals surface area contributed by atoms with E-state index in [4.69, 9.17) is 16.3 Å². The lowest BCUT2D eigenvalue weighted by molar-refractivity contribution is 0.0796. The predicted octanol–water partition coefficient (Wildman–Crippen LogP) is 4.43. The van der Waals surface area contributed by atoms with Crippen molar-refractivity contribution in [3.63, 3.8) is 0 Å². The smallest absolute Gasteiger partial charge is 0.254 e. The highest BCUT2D eigenvalue weighted by atomic mass is 35.5. The zero-order valence-electron chi connectivity index (χ0n) is 18.7. The number of hydrogen-bond donors (Lipinski definition) is 2. The molecule has 1 atom stereocenters. The number of imidazole rings is 1. The average molecular weight is 467 g/mol. The van der Waals surface area contributed by atoms with Gasteiger partial charge in [0, 0.05) is 35.8 Å². The zero-order valence-corrected chi connectivity index (χ0v) is 19.5. The fraction of sp³-hybridized carbons (Fsp3) is 0.320. The van der Waals surface area contributed by atoms with Gasteiger partial charge >= 0.3 is 0 Å². The van der Waals surface area contributed by atoms with Crippen LogP contribution in [0.1, 0.15) is 51.5 Å². The summed E-state index contributed by atoms with van der Waals surface area (Å²) in [7, 11) is 0. The fourth-order valence-corrected chi connectivity index (χ4v) is 3.97. The molecule has 0 radical (unpaired) electrons. The van der Waals surface area contributed by atoms with E-state index >= 15 is 0 Å². The molecule has 172 valence electrons. The number of benzene rings is 2. The standard InChI is InChI=1S/C25H27ClN4O3/c1-3-12-33-15-22(23-27-20-9-7-18(26)14-21(20)28-23)29-24(31)17-6-8-19(16(2)13-17)25(32)30-10-4-5-11-30/h4-9,13-14,22H,3,10-12,15H2,1-2H3,(H,27,28)(H,29,31)/t22-/m0/s1. The Labute approximate surface area is 197 Å². The third-order valence-electron chi connectivity index (χ3n) is 5.56. The second-order valence-electron chi connectivity index (χ2n) is 8.10. The van der Waals surface area contributed by atoms with E-state index in [-0.39, 0.29) is 18.4 Å². The fourth-order valence-electron chi connectivity index (χ4n) is 3.80. The van der Waals surface area contributed by atoms with Gasteiger partial charge in [0.15, 0.2) is 0 Å². The van der Waals surface area contributed by atoms with Crippen molar-refractivity contribution in [2.75, 3.05) is 26.3 Å². The first kappa shape index (κ1) is 23.0. The lowest BCUT2D eigenvalue weighted by atomic mass is 10.0. The van der Waals surface area contributed by atoms with Gasteiger partial charge in [-0.05, 0) is 55.3 Å². The van der Waals surface area contributed by atoms with E-state index in [1.54, 1.807) is 35.2 Å². The van der Waals surface area contributed by atoms with Crippen LogP contribution in [0.25, 0.3) is 11.0 Å². The summed E-state index contributed by atoms with van der Waals surface area (Å²) in [5.74, 6) is 0.307. The molecule has 3 aromatic rings. The second-order valence-corrected chi connectivity index (χ2v) is 8.53. The Bertz CT molecular complexity index is 1200. The first-order valence-corrected chi connectivity index (χ1v) is 11.4. The summed E-state index contributed by atoms with van der Waals surface area (Å²) in [4.78, 5) is 35.4. The van der Waals surface area contributed by atoms with Crippen LogP contribution in [0.15, 0.2) is 48.6 Å². The van der Waals surface area contributed by atoms with E-state index in [1.807, 2.05) is 32.1 Å². The first-order chi connectivity index (χ1) is 16.0. The number of amides is 2. The molecule has 1 aliphatic rings. The summed E-state index contributed by atoms with van der Waals surface area (Å²) in [5.41, 5.74) is 3.40. The van der Waals surface area contributed by atoms with Gasteiger partial charge in [-0.3, -0.25) is 9.59 Å². The Balaban J connectivity index is 1.53. The van der Waals surface area contributed by atoms with Crippen LogP contribution in [0, 0.1) is 6.92 Å². The molecule has 1 aromatic heterocycles. The minimum absolute atomic E-state index is 0.0313. The maximum atomic E-state index is 13.1. The number of aromatic nitrogens is 2. The molecular formula is C25H27ClN4O3. The van der Waals surface area contributed by atoms with Gasteiger partial charge in [0.05, 0.1) is 17.6 Å². The van der Waals surface area contributed by atoms with Gasteiger partial charge in [-0.15, -0.1) is 0 Å². The molecule has 2 aromatic carbocycles. The highest BCUT2D eigenvalue weighted by Crippen LogP contribution is 2.21. The quantitative estimate of drug-likeness (QED) is 0.379. The highest BCUT2D eigenvalue weighted by molar-refractivity contribution is 6.31. The van der Waals surface area contributed by atoms with Crippen LogP contribution in [-0.2, 0) is 4.74 Å². The number of ether oxygens (including phenoxy) is 1. The minimum atomic E-state index is -0.465. The molecule has 0 fully saturated rings. The molecule has 0 spiro atoms. The highest BCUT2D eigenvalue weighted by Gasteiger charge is 2.22. The van der Waals surface area contributed by atoms with E-state index in [9.17, 15) is 9.59 Å². The average Bonchev–Trinajstić information content (AvgIpc) is 3.48. The second kappa shape index (κ2) is 10.2. The van der Waals surface area contributed by atoms with E-state index < -0.39 is 6.04 Å². The molecule has 2 N–H and O–H groups in total. The van der Waals surface area contributed by atoms with E-state index in [1.165, 1.54) is 0 Å². The lowest BCUT2D eigenvalue weighted by Gasteiger charge is -2.19. The van der Waals surface area contributed by atoms with Crippen molar-refractivity contribution in [1.82, 2.24) is 20.2 Å². The van der Waals surface area contributed by atoms with Crippen molar-refractivity contribution < 1.29 is 14.3 Å². The molecule has 0 bridgehead atoms. The van der Waals surface area contributed by atoms with E-state index in [0.717, 1.165) is 23.0 Å². The van der Waals surface area contributed by atoms with Crippen molar-refractivity contribution in [2.24, 2.45) is 0 Å². The van der Waals surface area contributed by atoms with Gasteiger partial charge < -0.3 is 19.9 Å².